The van der Waals surface area contributed by atoms with E-state index in [4.69, 9.17) is 5.73 Å². The molecule has 0 saturated heterocycles. The van der Waals surface area contributed by atoms with Crippen LogP contribution in [-0.2, 0) is 6.54 Å². The summed E-state index contributed by atoms with van der Waals surface area (Å²) in [4.78, 5) is 12.4. The fourth-order valence-electron chi connectivity index (χ4n) is 2.33. The molecule has 3 N–H and O–H groups in total. The second-order valence-electron chi connectivity index (χ2n) is 6.36. The van der Waals surface area contributed by atoms with E-state index in [-0.39, 0.29) is 18.0 Å². The fraction of sp³-hybridized carbons (Fsp3) is 0.353. The Bertz CT molecular complexity index is 710. The normalized spacial score (nSPS) is 12.7. The zero-order valence-electron chi connectivity index (χ0n) is 13.2. The van der Waals surface area contributed by atoms with Crippen molar-refractivity contribution in [3.63, 3.8) is 0 Å². The lowest BCUT2D eigenvalue weighted by atomic mass is 10.1. The molecule has 1 heterocycles. The van der Waals surface area contributed by atoms with Crippen LogP contribution in [0.5, 0.6) is 0 Å². The number of amides is 1. The Kier molecular flexibility index (Phi) is 4.66. The van der Waals surface area contributed by atoms with Gasteiger partial charge >= 0.3 is 0 Å². The number of benzene rings is 1. The summed E-state index contributed by atoms with van der Waals surface area (Å²) in [7, 11) is 0. The molecule has 1 aromatic carbocycles. The highest BCUT2D eigenvalue weighted by Gasteiger charge is 2.18. The molecule has 0 fully saturated rings. The van der Waals surface area contributed by atoms with Crippen molar-refractivity contribution in [2.24, 2.45) is 5.73 Å². The molecule has 0 spiro atoms. The number of halogens is 1. The van der Waals surface area contributed by atoms with Gasteiger partial charge in [0.15, 0.2) is 0 Å². The lowest BCUT2D eigenvalue weighted by Gasteiger charge is -2.20. The maximum atomic E-state index is 12.7. The van der Waals surface area contributed by atoms with Crippen molar-refractivity contribution in [1.29, 1.82) is 0 Å². The molecule has 118 valence electrons. The maximum Gasteiger partial charge on any atom is 0.252 e. The van der Waals surface area contributed by atoms with Crippen LogP contribution in [0.1, 0.15) is 31.1 Å². The second-order valence-corrected chi connectivity index (χ2v) is 6.36. The van der Waals surface area contributed by atoms with Gasteiger partial charge in [-0.3, -0.25) is 4.79 Å². The summed E-state index contributed by atoms with van der Waals surface area (Å²) in [6.45, 7) is 6.36. The first-order chi connectivity index (χ1) is 10.4. The number of carbonyl (C=O) groups excluding carboxylic acids is 1. The van der Waals surface area contributed by atoms with Gasteiger partial charge in [0.1, 0.15) is 0 Å². The maximum absolute atomic E-state index is 12.7. The Labute approximate surface area is 129 Å². The van der Waals surface area contributed by atoms with E-state index in [0.29, 0.717) is 24.0 Å². The molecule has 1 amide bonds. The number of carbonyl (C=O) groups is 1. The number of hydrogen-bond acceptors (Lipinski definition) is 2. The predicted molar refractivity (Wildman–Crippen MR) is 87.4 cm³/mol. The number of rotatable bonds is 4. The molecule has 0 aliphatic rings. The number of hydrogen-bond donors (Lipinski definition) is 2. The van der Waals surface area contributed by atoms with Crippen molar-refractivity contribution in [2.75, 3.05) is 6.54 Å². The molecular weight excluding hydrogens is 281 g/mol. The van der Waals surface area contributed by atoms with Crippen LogP contribution < -0.4 is 11.1 Å². The van der Waals surface area contributed by atoms with E-state index in [1.54, 1.807) is 6.07 Å². The first kappa shape index (κ1) is 16.2. The van der Waals surface area contributed by atoms with Crippen LogP contribution in [0.15, 0.2) is 42.4 Å². The smallest absolute Gasteiger partial charge is 0.252 e. The van der Waals surface area contributed by atoms with E-state index >= 15 is 0 Å². The van der Waals surface area contributed by atoms with Crippen molar-refractivity contribution in [1.82, 2.24) is 9.88 Å². The summed E-state index contributed by atoms with van der Waals surface area (Å²) in [5.74, 6) is -0.115. The molecule has 0 saturated carbocycles. The fourth-order valence-corrected chi connectivity index (χ4v) is 2.33. The average molecular weight is 303 g/mol. The summed E-state index contributed by atoms with van der Waals surface area (Å²) in [5.41, 5.74) is 7.21. The van der Waals surface area contributed by atoms with E-state index in [2.05, 4.69) is 5.32 Å². The van der Waals surface area contributed by atoms with Crippen molar-refractivity contribution in [3.8, 4) is 0 Å². The van der Waals surface area contributed by atoms with Gasteiger partial charge in [-0.15, -0.1) is 0 Å². The van der Waals surface area contributed by atoms with Crippen LogP contribution >= 0.6 is 0 Å². The molecule has 0 radical (unpaired) electrons. The molecule has 1 aromatic heterocycles. The molecule has 0 aliphatic carbocycles. The zero-order chi connectivity index (χ0) is 16.3. The molecule has 0 bridgehead atoms. The van der Waals surface area contributed by atoms with Crippen molar-refractivity contribution in [2.45, 2.75) is 32.9 Å². The Hall–Kier alpha value is -2.14. The monoisotopic (exact) mass is 303 g/mol. The second kappa shape index (κ2) is 6.32. The summed E-state index contributed by atoms with van der Waals surface area (Å²) in [6.07, 6.45) is 2.39. The minimum absolute atomic E-state index is 0.115. The average Bonchev–Trinajstić information content (AvgIpc) is 2.85. The molecule has 4 nitrogen and oxygen atoms in total. The highest BCUT2D eigenvalue weighted by Crippen LogP contribution is 2.22. The molecule has 2 aromatic rings. The van der Waals surface area contributed by atoms with Gasteiger partial charge in [-0.2, -0.15) is 0 Å². The van der Waals surface area contributed by atoms with Gasteiger partial charge in [-0.25, -0.2) is 4.39 Å². The van der Waals surface area contributed by atoms with Gasteiger partial charge in [0.05, 0.1) is 6.33 Å². The molecule has 0 atom stereocenters. The van der Waals surface area contributed by atoms with Gasteiger partial charge in [0.25, 0.3) is 5.91 Å². The van der Waals surface area contributed by atoms with E-state index in [0.717, 1.165) is 10.9 Å². The van der Waals surface area contributed by atoms with Crippen LogP contribution in [-0.4, -0.2) is 22.6 Å². The van der Waals surface area contributed by atoms with Gasteiger partial charge in [0.2, 0.25) is 0 Å². The summed E-state index contributed by atoms with van der Waals surface area (Å²) in [5, 5.41) is 3.81. The van der Waals surface area contributed by atoms with Crippen LogP contribution in [0, 0.1) is 0 Å². The van der Waals surface area contributed by atoms with E-state index in [9.17, 15) is 9.18 Å². The molecular formula is C17H22FN3O. The van der Waals surface area contributed by atoms with Gasteiger partial charge in [0, 0.05) is 41.3 Å². The predicted octanol–water partition coefficient (Wildman–Crippen LogP) is 2.98. The lowest BCUT2D eigenvalue weighted by Crippen LogP contribution is -2.40. The van der Waals surface area contributed by atoms with Crippen molar-refractivity contribution < 1.29 is 9.18 Å². The van der Waals surface area contributed by atoms with E-state index in [1.807, 2.05) is 49.7 Å². The Morgan fingerprint density at radius 2 is 2.09 bits per heavy atom. The number of nitrogens with one attached hydrogen (secondary N) is 1. The number of fused-ring (bicyclic) bond motifs is 1. The quantitative estimate of drug-likeness (QED) is 0.912. The highest BCUT2D eigenvalue weighted by atomic mass is 19.1. The zero-order valence-corrected chi connectivity index (χ0v) is 13.2. The summed E-state index contributed by atoms with van der Waals surface area (Å²) < 4.78 is 14.6. The molecule has 5 heteroatoms. The van der Waals surface area contributed by atoms with E-state index in [1.165, 1.54) is 0 Å². The van der Waals surface area contributed by atoms with Crippen LogP contribution in [0.4, 0.5) is 4.39 Å². The third-order valence-electron chi connectivity index (χ3n) is 3.34. The van der Waals surface area contributed by atoms with Crippen LogP contribution in [0.3, 0.4) is 0 Å². The van der Waals surface area contributed by atoms with Gasteiger partial charge < -0.3 is 15.6 Å². The molecule has 2 rings (SSSR count). The Balaban J connectivity index is 2.39. The van der Waals surface area contributed by atoms with Crippen LogP contribution in [0.2, 0.25) is 0 Å². The third-order valence-corrected chi connectivity index (χ3v) is 3.34. The van der Waals surface area contributed by atoms with Crippen molar-refractivity contribution >= 4 is 16.8 Å². The first-order valence-corrected chi connectivity index (χ1v) is 7.24. The van der Waals surface area contributed by atoms with Gasteiger partial charge in [-0.05, 0) is 44.5 Å². The van der Waals surface area contributed by atoms with Gasteiger partial charge in [-0.1, -0.05) is 6.07 Å². The first-order valence-electron chi connectivity index (χ1n) is 7.24. The third kappa shape index (κ3) is 3.54. The Morgan fingerprint density at radius 3 is 2.68 bits per heavy atom. The van der Waals surface area contributed by atoms with E-state index < -0.39 is 0 Å². The largest absolute Gasteiger partial charge is 0.347 e. The SMILES string of the molecule is CC(C)(C)NC(=O)c1cccc2c1ccn2CC(=CF)CN. The standard InChI is InChI=1S/C17H22FN3O/c1-17(2,3)20-16(22)14-5-4-6-15-13(14)7-8-21(15)11-12(9-18)10-19/h4-9H,10-11,19H2,1-3H3,(H,20,22). The lowest BCUT2D eigenvalue weighted by molar-refractivity contribution is 0.0921. The summed E-state index contributed by atoms with van der Waals surface area (Å²) in [6, 6.07) is 7.41. The minimum Gasteiger partial charge on any atom is -0.347 e. The molecule has 22 heavy (non-hydrogen) atoms. The molecule has 0 unspecified atom stereocenters. The minimum atomic E-state index is -0.300. The van der Waals surface area contributed by atoms with Crippen LogP contribution in [0.25, 0.3) is 10.9 Å². The number of aromatic nitrogens is 1. The molecule has 0 aliphatic heterocycles. The highest BCUT2D eigenvalue weighted by molar-refractivity contribution is 6.06. The number of nitrogens with two attached hydrogens (primary N) is 1. The number of nitrogens with zero attached hydrogens (tertiary/aromatic N) is 1. The Morgan fingerprint density at radius 1 is 1.36 bits per heavy atom. The van der Waals surface area contributed by atoms with Crippen molar-refractivity contribution in [3.05, 3.63) is 47.9 Å². The topological polar surface area (TPSA) is 60.0 Å². The summed E-state index contributed by atoms with van der Waals surface area (Å²) >= 11 is 0.